The first kappa shape index (κ1) is 21.6. The van der Waals surface area contributed by atoms with E-state index in [4.69, 9.17) is 5.11 Å². The molecule has 2 aromatic carbocycles. The van der Waals surface area contributed by atoms with Gasteiger partial charge in [-0.15, -0.1) is 10.2 Å². The third-order valence-electron chi connectivity index (χ3n) is 6.66. The second kappa shape index (κ2) is 9.72. The quantitative estimate of drug-likeness (QED) is 0.639. The molecular weight excluding hydrogens is 416 g/mol. The highest BCUT2D eigenvalue weighted by atomic mass is 16.3. The molecule has 8 heteroatoms. The summed E-state index contributed by atoms with van der Waals surface area (Å²) >= 11 is 0. The Morgan fingerprint density at radius 2 is 1.36 bits per heavy atom. The number of hydrogen-bond acceptors (Lipinski definition) is 7. The Morgan fingerprint density at radius 1 is 0.758 bits per heavy atom. The molecule has 3 heterocycles. The zero-order valence-electron chi connectivity index (χ0n) is 18.8. The van der Waals surface area contributed by atoms with Gasteiger partial charge in [0.2, 0.25) is 0 Å². The molecule has 1 N–H and O–H groups in total. The van der Waals surface area contributed by atoms with E-state index in [1.807, 2.05) is 59.5 Å². The normalized spacial score (nSPS) is 17.5. The fourth-order valence-electron chi connectivity index (χ4n) is 4.72. The summed E-state index contributed by atoms with van der Waals surface area (Å²) in [6, 6.07) is 18.0. The molecule has 5 rings (SSSR count). The van der Waals surface area contributed by atoms with Crippen LogP contribution in [-0.4, -0.2) is 96.5 Å². The van der Waals surface area contributed by atoms with E-state index in [9.17, 15) is 4.79 Å². The van der Waals surface area contributed by atoms with Crippen LogP contribution in [0.4, 0.5) is 11.6 Å². The van der Waals surface area contributed by atoms with E-state index in [2.05, 4.69) is 24.9 Å². The largest absolute Gasteiger partial charge is 0.395 e. The molecule has 2 aliphatic heterocycles. The lowest BCUT2D eigenvalue weighted by Gasteiger charge is -2.36. The van der Waals surface area contributed by atoms with E-state index in [0.717, 1.165) is 73.8 Å². The molecule has 0 aliphatic carbocycles. The van der Waals surface area contributed by atoms with E-state index in [-0.39, 0.29) is 12.5 Å². The van der Waals surface area contributed by atoms with E-state index in [0.29, 0.717) is 13.1 Å². The molecule has 2 aliphatic rings. The van der Waals surface area contributed by atoms with Crippen molar-refractivity contribution in [2.75, 3.05) is 75.3 Å². The maximum absolute atomic E-state index is 13.2. The number of nitrogens with zero attached hydrogens (tertiary/aromatic N) is 6. The van der Waals surface area contributed by atoms with Crippen molar-refractivity contribution in [3.63, 3.8) is 0 Å². The molecule has 0 spiro atoms. The van der Waals surface area contributed by atoms with E-state index < -0.39 is 0 Å². The van der Waals surface area contributed by atoms with Crippen molar-refractivity contribution >= 4 is 28.3 Å². The lowest BCUT2D eigenvalue weighted by atomic mass is 10.0. The van der Waals surface area contributed by atoms with Gasteiger partial charge in [0.25, 0.3) is 5.91 Å². The molecule has 3 aromatic rings. The number of aliphatic hydroxyl groups is 1. The van der Waals surface area contributed by atoms with Gasteiger partial charge in [0.05, 0.1) is 6.61 Å². The zero-order valence-corrected chi connectivity index (χ0v) is 18.8. The number of anilines is 2. The van der Waals surface area contributed by atoms with Crippen molar-refractivity contribution in [3.05, 3.63) is 60.2 Å². The average Bonchev–Trinajstić information content (AvgIpc) is 2.89. The summed E-state index contributed by atoms with van der Waals surface area (Å²) < 4.78 is 0. The Balaban J connectivity index is 1.19. The van der Waals surface area contributed by atoms with Crippen LogP contribution in [0.15, 0.2) is 54.6 Å². The standard InChI is InChI=1S/C25H30N6O2/c32-19-18-28-10-12-29(13-11-28)23-8-9-24(27-26-23)30-14-16-31(17-15-30)25(33)22-7-3-5-20-4-1-2-6-21(20)22/h1-9,32H,10-19H2. The predicted molar refractivity (Wildman–Crippen MR) is 130 cm³/mol. The summed E-state index contributed by atoms with van der Waals surface area (Å²) in [5, 5.41) is 20.1. The minimum atomic E-state index is 0.0909. The Labute approximate surface area is 194 Å². The van der Waals surface area contributed by atoms with Crippen LogP contribution in [0.5, 0.6) is 0 Å². The second-order valence-corrected chi connectivity index (χ2v) is 8.61. The summed E-state index contributed by atoms with van der Waals surface area (Å²) in [7, 11) is 0. The third kappa shape index (κ3) is 4.62. The monoisotopic (exact) mass is 446 g/mol. The Kier molecular flexibility index (Phi) is 6.37. The van der Waals surface area contributed by atoms with Crippen molar-refractivity contribution in [3.8, 4) is 0 Å². The van der Waals surface area contributed by atoms with Gasteiger partial charge in [-0.05, 0) is 29.0 Å². The molecule has 172 valence electrons. The van der Waals surface area contributed by atoms with Crippen LogP contribution < -0.4 is 9.80 Å². The number of carbonyl (C=O) groups excluding carboxylic acids is 1. The molecule has 0 bridgehead atoms. The van der Waals surface area contributed by atoms with Crippen molar-refractivity contribution in [2.24, 2.45) is 0 Å². The van der Waals surface area contributed by atoms with Gasteiger partial charge in [0, 0.05) is 64.5 Å². The van der Waals surface area contributed by atoms with Gasteiger partial charge in [0.1, 0.15) is 0 Å². The van der Waals surface area contributed by atoms with E-state index in [1.54, 1.807) is 0 Å². The van der Waals surface area contributed by atoms with Gasteiger partial charge < -0.3 is 19.8 Å². The van der Waals surface area contributed by atoms with Crippen LogP contribution in [0.25, 0.3) is 10.8 Å². The van der Waals surface area contributed by atoms with Crippen LogP contribution in [0.1, 0.15) is 10.4 Å². The summed E-state index contributed by atoms with van der Waals surface area (Å²) in [4.78, 5) is 21.8. The van der Waals surface area contributed by atoms with Gasteiger partial charge in [0.15, 0.2) is 11.6 Å². The first-order chi connectivity index (χ1) is 16.2. The maximum atomic E-state index is 13.2. The molecule has 0 atom stereocenters. The fraction of sp³-hybridized carbons (Fsp3) is 0.400. The highest BCUT2D eigenvalue weighted by Crippen LogP contribution is 2.22. The zero-order chi connectivity index (χ0) is 22.6. The first-order valence-electron chi connectivity index (χ1n) is 11.7. The summed E-state index contributed by atoms with van der Waals surface area (Å²) in [5.41, 5.74) is 0.768. The van der Waals surface area contributed by atoms with Crippen LogP contribution in [-0.2, 0) is 0 Å². The fourth-order valence-corrected chi connectivity index (χ4v) is 4.72. The number of hydrogen-bond donors (Lipinski definition) is 1. The van der Waals surface area contributed by atoms with Crippen molar-refractivity contribution in [1.29, 1.82) is 0 Å². The maximum Gasteiger partial charge on any atom is 0.254 e. The number of amides is 1. The van der Waals surface area contributed by atoms with Gasteiger partial charge in [-0.2, -0.15) is 0 Å². The number of carbonyl (C=O) groups is 1. The molecule has 0 unspecified atom stereocenters. The van der Waals surface area contributed by atoms with E-state index >= 15 is 0 Å². The molecule has 1 aromatic heterocycles. The summed E-state index contributed by atoms with van der Waals surface area (Å²) in [5.74, 6) is 1.84. The summed E-state index contributed by atoms with van der Waals surface area (Å²) in [6.45, 7) is 7.38. The number of benzene rings is 2. The molecule has 8 nitrogen and oxygen atoms in total. The van der Waals surface area contributed by atoms with Crippen LogP contribution in [0, 0.1) is 0 Å². The van der Waals surface area contributed by atoms with Gasteiger partial charge in [-0.1, -0.05) is 36.4 Å². The number of aromatic nitrogens is 2. The second-order valence-electron chi connectivity index (χ2n) is 8.61. The molecule has 2 fully saturated rings. The Hall–Kier alpha value is -3.23. The highest BCUT2D eigenvalue weighted by Gasteiger charge is 2.24. The highest BCUT2D eigenvalue weighted by molar-refractivity contribution is 6.07. The number of β-amino-alcohol motifs (C(OH)–C–C–N with tert-alkyl or cyclic N) is 1. The van der Waals surface area contributed by atoms with Gasteiger partial charge >= 0.3 is 0 Å². The predicted octanol–water partition coefficient (Wildman–Crippen LogP) is 1.71. The number of fused-ring (bicyclic) bond motifs is 1. The molecule has 1 amide bonds. The number of aliphatic hydroxyl groups excluding tert-OH is 1. The van der Waals surface area contributed by atoms with Crippen molar-refractivity contribution < 1.29 is 9.90 Å². The molecule has 0 radical (unpaired) electrons. The van der Waals surface area contributed by atoms with Gasteiger partial charge in [-0.25, -0.2) is 0 Å². The SMILES string of the molecule is O=C(c1cccc2ccccc12)N1CCN(c2ccc(N3CCN(CCO)CC3)nn2)CC1. The van der Waals surface area contributed by atoms with Crippen LogP contribution in [0.3, 0.4) is 0 Å². The number of piperazine rings is 2. The van der Waals surface area contributed by atoms with E-state index in [1.165, 1.54) is 0 Å². The lowest BCUT2D eigenvalue weighted by molar-refractivity contribution is 0.0748. The van der Waals surface area contributed by atoms with Crippen LogP contribution in [0.2, 0.25) is 0 Å². The minimum absolute atomic E-state index is 0.0909. The van der Waals surface area contributed by atoms with Crippen molar-refractivity contribution in [2.45, 2.75) is 0 Å². The van der Waals surface area contributed by atoms with Crippen molar-refractivity contribution in [1.82, 2.24) is 20.0 Å². The minimum Gasteiger partial charge on any atom is -0.395 e. The summed E-state index contributed by atoms with van der Waals surface area (Å²) in [6.07, 6.45) is 0. The topological polar surface area (TPSA) is 76.0 Å². The molecule has 33 heavy (non-hydrogen) atoms. The average molecular weight is 447 g/mol. The lowest BCUT2D eigenvalue weighted by Crippen LogP contribution is -2.49. The Morgan fingerprint density at radius 3 is 2.00 bits per heavy atom. The third-order valence-corrected chi connectivity index (χ3v) is 6.66. The van der Waals surface area contributed by atoms with Crippen LogP contribution >= 0.6 is 0 Å². The molecular formula is C25H30N6O2. The first-order valence-corrected chi connectivity index (χ1v) is 11.7. The molecule has 2 saturated heterocycles. The number of rotatable bonds is 5. The molecule has 0 saturated carbocycles. The Bertz CT molecular complexity index is 1080. The van der Waals surface area contributed by atoms with Gasteiger partial charge in [-0.3, -0.25) is 9.69 Å². The smallest absolute Gasteiger partial charge is 0.254 e.